The molecule has 62 valence electrons. The molecular weight excluding hydrogens is 243 g/mol. The lowest BCUT2D eigenvalue weighted by Crippen LogP contribution is -2.06. The van der Waals surface area contributed by atoms with Crippen molar-refractivity contribution in [1.82, 2.24) is 0 Å². The first kappa shape index (κ1) is 9.42. The summed E-state index contributed by atoms with van der Waals surface area (Å²) in [4.78, 5) is 21.6. The molecule has 0 unspecified atom stereocenters. The molecule has 0 aliphatic rings. The van der Waals surface area contributed by atoms with E-state index in [4.69, 9.17) is 11.6 Å². The second-order valence-corrected chi connectivity index (χ2v) is 3.27. The lowest BCUT2D eigenvalue weighted by molar-refractivity contribution is -0.106. The van der Waals surface area contributed by atoms with Crippen LogP contribution in [0.15, 0.2) is 24.3 Å². The van der Waals surface area contributed by atoms with Crippen LogP contribution >= 0.6 is 27.5 Å². The van der Waals surface area contributed by atoms with Crippen LogP contribution in [0, 0.1) is 0 Å². The summed E-state index contributed by atoms with van der Waals surface area (Å²) in [5.41, 5.74) is 0.335. The van der Waals surface area contributed by atoms with Gasteiger partial charge in [-0.1, -0.05) is 11.6 Å². The minimum absolute atomic E-state index is 0.335. The van der Waals surface area contributed by atoms with Crippen molar-refractivity contribution in [3.63, 3.8) is 0 Å². The van der Waals surface area contributed by atoms with E-state index in [0.717, 1.165) is 0 Å². The number of benzene rings is 1. The fourth-order valence-corrected chi connectivity index (χ4v) is 1.07. The Balaban J connectivity index is 2.98. The average Bonchev–Trinajstić information content (AvgIpc) is 2.04. The maximum atomic E-state index is 11.0. The molecule has 0 aliphatic carbocycles. The van der Waals surface area contributed by atoms with Crippen molar-refractivity contribution in [2.45, 2.75) is 0 Å². The standard InChI is InChI=1S/C8H4BrClO2/c9-8(12)7(11)5-1-3-6(10)4-2-5/h1-4H. The largest absolute Gasteiger partial charge is 0.284 e. The fraction of sp³-hybridized carbons (Fsp3) is 0. The molecule has 0 saturated carbocycles. The van der Waals surface area contributed by atoms with E-state index in [9.17, 15) is 9.59 Å². The van der Waals surface area contributed by atoms with E-state index in [1.54, 1.807) is 12.1 Å². The van der Waals surface area contributed by atoms with E-state index < -0.39 is 10.5 Å². The van der Waals surface area contributed by atoms with Gasteiger partial charge < -0.3 is 0 Å². The third kappa shape index (κ3) is 2.16. The smallest absolute Gasteiger partial charge is 0.268 e. The molecule has 0 amide bonds. The summed E-state index contributed by atoms with van der Waals surface area (Å²) >= 11 is 8.16. The molecule has 0 fully saturated rings. The minimum Gasteiger partial charge on any atom is -0.284 e. The molecule has 0 saturated heterocycles. The summed E-state index contributed by atoms with van der Waals surface area (Å²) in [5.74, 6) is -0.563. The van der Waals surface area contributed by atoms with Gasteiger partial charge in [-0.25, -0.2) is 0 Å². The molecule has 0 atom stereocenters. The Kier molecular flexibility index (Phi) is 3.00. The molecule has 1 aromatic carbocycles. The van der Waals surface area contributed by atoms with E-state index in [0.29, 0.717) is 10.6 Å². The molecule has 0 radical (unpaired) electrons. The number of hydrogen-bond acceptors (Lipinski definition) is 2. The molecule has 0 heterocycles. The van der Waals surface area contributed by atoms with Crippen LogP contribution in [-0.4, -0.2) is 10.5 Å². The highest BCUT2D eigenvalue weighted by Gasteiger charge is 2.11. The SMILES string of the molecule is O=C(Br)C(=O)c1ccc(Cl)cc1. The van der Waals surface area contributed by atoms with Crippen molar-refractivity contribution in [3.05, 3.63) is 34.9 Å². The summed E-state index contributed by atoms with van der Waals surface area (Å²) in [5, 5.41) is 0.536. The van der Waals surface area contributed by atoms with Gasteiger partial charge in [0.2, 0.25) is 5.78 Å². The number of hydrogen-bond donors (Lipinski definition) is 0. The zero-order valence-electron chi connectivity index (χ0n) is 5.88. The number of halogens is 2. The highest BCUT2D eigenvalue weighted by atomic mass is 79.9. The van der Waals surface area contributed by atoms with Gasteiger partial charge in [0.1, 0.15) is 0 Å². The second kappa shape index (κ2) is 3.83. The molecule has 0 aromatic heterocycles. The number of Topliss-reactive ketones (excluding diaryl/α,β-unsaturated/α-hetero) is 1. The summed E-state index contributed by atoms with van der Waals surface area (Å²) < 4.78 is -0.648. The van der Waals surface area contributed by atoms with E-state index >= 15 is 0 Å². The first-order valence-corrected chi connectivity index (χ1v) is 4.28. The fourth-order valence-electron chi connectivity index (χ4n) is 0.715. The topological polar surface area (TPSA) is 34.1 Å². The monoisotopic (exact) mass is 246 g/mol. The predicted octanol–water partition coefficient (Wildman–Crippen LogP) is 2.44. The summed E-state index contributed by atoms with van der Waals surface area (Å²) in [6, 6.07) is 6.13. The quantitative estimate of drug-likeness (QED) is 0.457. The Bertz CT molecular complexity index is 318. The number of carbonyl (C=O) groups excluding carboxylic acids is 2. The number of rotatable bonds is 2. The van der Waals surface area contributed by atoms with Gasteiger partial charge in [-0.15, -0.1) is 0 Å². The van der Waals surface area contributed by atoms with Gasteiger partial charge in [0.25, 0.3) is 4.69 Å². The molecule has 4 heteroatoms. The van der Waals surface area contributed by atoms with Gasteiger partial charge >= 0.3 is 0 Å². The van der Waals surface area contributed by atoms with Crippen molar-refractivity contribution in [1.29, 1.82) is 0 Å². The van der Waals surface area contributed by atoms with Gasteiger partial charge in [0.05, 0.1) is 0 Å². The normalized spacial score (nSPS) is 9.50. The maximum absolute atomic E-state index is 11.0. The van der Waals surface area contributed by atoms with E-state index in [-0.39, 0.29) is 0 Å². The van der Waals surface area contributed by atoms with Crippen LogP contribution in [0.25, 0.3) is 0 Å². The third-order valence-corrected chi connectivity index (χ3v) is 1.90. The molecule has 0 aliphatic heterocycles. The molecule has 1 aromatic rings. The van der Waals surface area contributed by atoms with Crippen molar-refractivity contribution >= 4 is 38.0 Å². The van der Waals surface area contributed by atoms with Crippen molar-refractivity contribution in [2.75, 3.05) is 0 Å². The van der Waals surface area contributed by atoms with Gasteiger partial charge in [0, 0.05) is 26.5 Å². The van der Waals surface area contributed by atoms with E-state index in [2.05, 4.69) is 15.9 Å². The Labute approximate surface area is 82.7 Å². The molecule has 12 heavy (non-hydrogen) atoms. The molecule has 2 nitrogen and oxygen atoms in total. The van der Waals surface area contributed by atoms with Crippen LogP contribution in [0.4, 0.5) is 0 Å². The Morgan fingerprint density at radius 2 is 1.67 bits per heavy atom. The third-order valence-electron chi connectivity index (χ3n) is 1.28. The van der Waals surface area contributed by atoms with E-state index in [1.165, 1.54) is 12.1 Å². The van der Waals surface area contributed by atoms with Crippen LogP contribution in [0.1, 0.15) is 10.4 Å². The summed E-state index contributed by atoms with van der Waals surface area (Å²) in [6.45, 7) is 0. The highest BCUT2D eigenvalue weighted by molar-refractivity contribution is 9.19. The minimum atomic E-state index is -0.648. The Hall–Kier alpha value is -0.670. The lowest BCUT2D eigenvalue weighted by atomic mass is 10.1. The summed E-state index contributed by atoms with van der Waals surface area (Å²) in [7, 11) is 0. The van der Waals surface area contributed by atoms with Crippen molar-refractivity contribution < 1.29 is 9.59 Å². The Morgan fingerprint density at radius 3 is 2.08 bits per heavy atom. The number of ketones is 1. The molecule has 0 bridgehead atoms. The zero-order valence-corrected chi connectivity index (χ0v) is 8.22. The van der Waals surface area contributed by atoms with Gasteiger partial charge in [-0.2, -0.15) is 0 Å². The van der Waals surface area contributed by atoms with Crippen LogP contribution in [-0.2, 0) is 4.79 Å². The maximum Gasteiger partial charge on any atom is 0.268 e. The number of carbonyl (C=O) groups is 2. The van der Waals surface area contributed by atoms with Gasteiger partial charge in [-0.05, 0) is 24.3 Å². The predicted molar refractivity (Wildman–Crippen MR) is 49.7 cm³/mol. The second-order valence-electron chi connectivity index (χ2n) is 2.11. The lowest BCUT2D eigenvalue weighted by Gasteiger charge is -1.94. The molecule has 0 spiro atoms. The van der Waals surface area contributed by atoms with Crippen LogP contribution in [0.2, 0.25) is 5.02 Å². The van der Waals surface area contributed by atoms with Crippen LogP contribution in [0.3, 0.4) is 0 Å². The first-order chi connectivity index (χ1) is 5.61. The average molecular weight is 247 g/mol. The van der Waals surface area contributed by atoms with Crippen molar-refractivity contribution in [3.8, 4) is 0 Å². The molecule has 1 rings (SSSR count). The van der Waals surface area contributed by atoms with Gasteiger partial charge in [0.15, 0.2) is 0 Å². The van der Waals surface area contributed by atoms with Crippen LogP contribution < -0.4 is 0 Å². The summed E-state index contributed by atoms with van der Waals surface area (Å²) in [6.07, 6.45) is 0. The molecular formula is C8H4BrClO2. The highest BCUT2D eigenvalue weighted by Crippen LogP contribution is 2.10. The van der Waals surface area contributed by atoms with Crippen LogP contribution in [0.5, 0.6) is 0 Å². The van der Waals surface area contributed by atoms with Crippen molar-refractivity contribution in [2.24, 2.45) is 0 Å². The molecule has 0 N–H and O–H groups in total. The van der Waals surface area contributed by atoms with Gasteiger partial charge in [-0.3, -0.25) is 9.59 Å². The first-order valence-electron chi connectivity index (χ1n) is 3.11. The van der Waals surface area contributed by atoms with E-state index in [1.807, 2.05) is 0 Å². The zero-order chi connectivity index (χ0) is 9.14. The Morgan fingerprint density at radius 1 is 1.17 bits per heavy atom.